The molecule has 0 amide bonds. The van der Waals surface area contributed by atoms with Crippen LogP contribution in [-0.2, 0) is 28.6 Å². The van der Waals surface area contributed by atoms with Crippen LogP contribution < -0.4 is 0 Å². The molecule has 356 valence electrons. The smallest absolute Gasteiger partial charge is 0.306 e. The standard InChI is InChI=1S/C56H96O6/c1-4-7-10-13-16-19-22-25-27-28-30-31-34-37-40-43-46-49-55(58)61-52-53(51-60-54(57)48-45-42-39-36-33-24-21-18-15-12-9-6-3)62-56(59)50-47-44-41-38-35-32-29-26-23-20-17-14-11-8-5-2/h16,18-21,23,25,27,30-31,37,40,53H,4-15,17,22,24,26,28-29,32-36,38-39,41-52H2,1-3H3/b19-16-,21-18-,23-20-,27-25-,31-30-,40-37-. The van der Waals surface area contributed by atoms with Gasteiger partial charge < -0.3 is 14.2 Å². The Morgan fingerprint density at radius 1 is 0.323 bits per heavy atom. The zero-order valence-electron chi connectivity index (χ0n) is 40.6. The molecule has 0 radical (unpaired) electrons. The fourth-order valence-electron chi connectivity index (χ4n) is 6.95. The molecule has 0 bridgehead atoms. The van der Waals surface area contributed by atoms with E-state index in [-0.39, 0.29) is 37.5 Å². The van der Waals surface area contributed by atoms with Crippen LogP contribution in [0.15, 0.2) is 72.9 Å². The van der Waals surface area contributed by atoms with Gasteiger partial charge >= 0.3 is 17.9 Å². The van der Waals surface area contributed by atoms with E-state index in [2.05, 4.69) is 93.7 Å². The highest BCUT2D eigenvalue weighted by Crippen LogP contribution is 2.13. The lowest BCUT2D eigenvalue weighted by Gasteiger charge is -2.18. The van der Waals surface area contributed by atoms with Crippen LogP contribution >= 0.6 is 0 Å². The van der Waals surface area contributed by atoms with Crippen LogP contribution in [0.5, 0.6) is 0 Å². The number of rotatable bonds is 46. The molecule has 0 N–H and O–H groups in total. The third kappa shape index (κ3) is 47.9. The summed E-state index contributed by atoms with van der Waals surface area (Å²) in [6.07, 6.45) is 63.1. The Balaban J connectivity index is 4.48. The summed E-state index contributed by atoms with van der Waals surface area (Å²) in [4.78, 5) is 37.9. The van der Waals surface area contributed by atoms with Crippen LogP contribution in [0.25, 0.3) is 0 Å². The molecule has 0 spiro atoms. The lowest BCUT2D eigenvalue weighted by Crippen LogP contribution is -2.30. The van der Waals surface area contributed by atoms with Crippen molar-refractivity contribution in [1.29, 1.82) is 0 Å². The van der Waals surface area contributed by atoms with E-state index in [1.165, 1.54) is 128 Å². The molecule has 1 atom stereocenters. The van der Waals surface area contributed by atoms with Gasteiger partial charge in [-0.15, -0.1) is 0 Å². The molecule has 62 heavy (non-hydrogen) atoms. The molecule has 0 saturated heterocycles. The number of allylic oxidation sites excluding steroid dienone is 12. The minimum absolute atomic E-state index is 0.0985. The van der Waals surface area contributed by atoms with E-state index in [1.54, 1.807) is 0 Å². The maximum atomic E-state index is 12.8. The maximum Gasteiger partial charge on any atom is 0.306 e. The Kier molecular flexibility index (Phi) is 47.9. The number of carbonyl (C=O) groups is 3. The molecule has 0 fully saturated rings. The Bertz CT molecular complexity index is 1180. The summed E-state index contributed by atoms with van der Waals surface area (Å²) in [7, 11) is 0. The molecule has 6 nitrogen and oxygen atoms in total. The number of hydrogen-bond acceptors (Lipinski definition) is 6. The van der Waals surface area contributed by atoms with Gasteiger partial charge in [-0.05, 0) is 109 Å². The second-order valence-corrected chi connectivity index (χ2v) is 17.1. The monoisotopic (exact) mass is 865 g/mol. The molecule has 1 unspecified atom stereocenters. The third-order valence-corrected chi connectivity index (χ3v) is 10.9. The van der Waals surface area contributed by atoms with E-state index < -0.39 is 6.10 Å². The summed E-state index contributed by atoms with van der Waals surface area (Å²) in [5.74, 6) is -0.969. The first-order valence-electron chi connectivity index (χ1n) is 25.9. The van der Waals surface area contributed by atoms with Gasteiger partial charge in [0.15, 0.2) is 6.10 Å². The van der Waals surface area contributed by atoms with E-state index in [1.807, 2.05) is 0 Å². The highest BCUT2D eigenvalue weighted by atomic mass is 16.6. The van der Waals surface area contributed by atoms with Crippen LogP contribution in [0.2, 0.25) is 0 Å². The fraction of sp³-hybridized carbons (Fsp3) is 0.732. The summed E-state index contributed by atoms with van der Waals surface area (Å²) in [6.45, 7) is 6.51. The fourth-order valence-corrected chi connectivity index (χ4v) is 6.95. The summed E-state index contributed by atoms with van der Waals surface area (Å²) >= 11 is 0. The number of hydrogen-bond donors (Lipinski definition) is 0. The second kappa shape index (κ2) is 50.5. The normalized spacial score (nSPS) is 12.6. The SMILES string of the molecule is CCCCC/C=C\C/C=C\C/C=C\C/C=C\CCCC(=O)OCC(COC(=O)CCCCCCC/C=C\CCCCC)OC(=O)CCCCCCCCC/C=C\CCCCCC. The maximum absolute atomic E-state index is 12.8. The predicted molar refractivity (Wildman–Crippen MR) is 265 cm³/mol. The van der Waals surface area contributed by atoms with Crippen molar-refractivity contribution in [2.75, 3.05) is 13.2 Å². The molecule has 0 aromatic heterocycles. The topological polar surface area (TPSA) is 78.9 Å². The van der Waals surface area contributed by atoms with Crippen LogP contribution in [0.1, 0.15) is 245 Å². The van der Waals surface area contributed by atoms with E-state index in [0.717, 1.165) is 70.6 Å². The first kappa shape index (κ1) is 58.9. The van der Waals surface area contributed by atoms with Crippen molar-refractivity contribution >= 4 is 17.9 Å². The Hall–Kier alpha value is -3.15. The lowest BCUT2D eigenvalue weighted by atomic mass is 10.1. The van der Waals surface area contributed by atoms with Crippen molar-refractivity contribution in [2.24, 2.45) is 0 Å². The molecular weight excluding hydrogens is 769 g/mol. The predicted octanol–water partition coefficient (Wildman–Crippen LogP) is 17.0. The minimum Gasteiger partial charge on any atom is -0.462 e. The summed E-state index contributed by atoms with van der Waals surface area (Å²) in [5, 5.41) is 0. The van der Waals surface area contributed by atoms with Gasteiger partial charge in [-0.3, -0.25) is 14.4 Å². The Morgan fingerprint density at radius 2 is 0.597 bits per heavy atom. The van der Waals surface area contributed by atoms with E-state index in [4.69, 9.17) is 14.2 Å². The largest absolute Gasteiger partial charge is 0.462 e. The van der Waals surface area contributed by atoms with E-state index in [9.17, 15) is 14.4 Å². The van der Waals surface area contributed by atoms with Gasteiger partial charge in [0.05, 0.1) is 0 Å². The molecule has 0 saturated carbocycles. The molecule has 0 heterocycles. The lowest BCUT2D eigenvalue weighted by molar-refractivity contribution is -0.167. The third-order valence-electron chi connectivity index (χ3n) is 10.9. The highest BCUT2D eigenvalue weighted by Gasteiger charge is 2.19. The van der Waals surface area contributed by atoms with Gasteiger partial charge in [0.2, 0.25) is 0 Å². The van der Waals surface area contributed by atoms with E-state index in [0.29, 0.717) is 19.3 Å². The van der Waals surface area contributed by atoms with Crippen molar-refractivity contribution in [3.8, 4) is 0 Å². The minimum atomic E-state index is -0.802. The molecule has 0 aliphatic carbocycles. The van der Waals surface area contributed by atoms with Crippen LogP contribution in [-0.4, -0.2) is 37.2 Å². The molecular formula is C56H96O6. The van der Waals surface area contributed by atoms with Crippen LogP contribution in [0, 0.1) is 0 Å². The molecule has 0 aliphatic heterocycles. The van der Waals surface area contributed by atoms with Gasteiger partial charge in [-0.25, -0.2) is 0 Å². The molecule has 0 aromatic carbocycles. The Labute approximate surface area is 382 Å². The van der Waals surface area contributed by atoms with Crippen molar-refractivity contribution in [3.63, 3.8) is 0 Å². The highest BCUT2D eigenvalue weighted by molar-refractivity contribution is 5.71. The first-order valence-corrected chi connectivity index (χ1v) is 25.9. The zero-order valence-corrected chi connectivity index (χ0v) is 40.6. The summed E-state index contributed by atoms with van der Waals surface area (Å²) in [5.41, 5.74) is 0. The number of esters is 3. The summed E-state index contributed by atoms with van der Waals surface area (Å²) < 4.78 is 16.7. The quantitative estimate of drug-likeness (QED) is 0.0262. The number of unbranched alkanes of at least 4 members (excludes halogenated alkanes) is 23. The second-order valence-electron chi connectivity index (χ2n) is 17.1. The van der Waals surface area contributed by atoms with Gasteiger partial charge in [0.25, 0.3) is 0 Å². The number of ether oxygens (including phenoxy) is 3. The van der Waals surface area contributed by atoms with Gasteiger partial charge in [0.1, 0.15) is 13.2 Å². The van der Waals surface area contributed by atoms with E-state index >= 15 is 0 Å². The molecule has 0 aromatic rings. The van der Waals surface area contributed by atoms with Crippen LogP contribution in [0.4, 0.5) is 0 Å². The van der Waals surface area contributed by atoms with Crippen molar-refractivity contribution < 1.29 is 28.6 Å². The van der Waals surface area contributed by atoms with Gasteiger partial charge in [-0.1, -0.05) is 190 Å². The van der Waals surface area contributed by atoms with Crippen molar-refractivity contribution in [1.82, 2.24) is 0 Å². The zero-order chi connectivity index (χ0) is 45.1. The van der Waals surface area contributed by atoms with Gasteiger partial charge in [-0.2, -0.15) is 0 Å². The molecule has 6 heteroatoms. The summed E-state index contributed by atoms with van der Waals surface area (Å²) in [6, 6.07) is 0. The van der Waals surface area contributed by atoms with Crippen molar-refractivity contribution in [3.05, 3.63) is 72.9 Å². The average Bonchev–Trinajstić information content (AvgIpc) is 3.27. The Morgan fingerprint density at radius 3 is 1.02 bits per heavy atom. The van der Waals surface area contributed by atoms with Crippen LogP contribution in [0.3, 0.4) is 0 Å². The number of carbonyl (C=O) groups excluding carboxylic acids is 3. The van der Waals surface area contributed by atoms with Gasteiger partial charge in [0, 0.05) is 19.3 Å². The average molecular weight is 865 g/mol. The van der Waals surface area contributed by atoms with Crippen molar-refractivity contribution in [2.45, 2.75) is 252 Å². The first-order chi connectivity index (χ1) is 30.5. The molecule has 0 aliphatic rings. The molecule has 0 rings (SSSR count).